The number of carbonyl (C=O) groups is 1. The molecule has 1 N–H and O–H groups in total. The van der Waals surface area contributed by atoms with Crippen LogP contribution in [0.1, 0.15) is 35.7 Å². The van der Waals surface area contributed by atoms with Gasteiger partial charge in [0.05, 0.1) is 6.54 Å². The minimum atomic E-state index is -4.27. The molecule has 1 aromatic carbocycles. The SMILES string of the molecule is CC(=O)c1ccc(O)c(CN(CC(F)(F)F)C2CC2)c1. The van der Waals surface area contributed by atoms with Gasteiger partial charge in [-0.2, -0.15) is 13.2 Å². The van der Waals surface area contributed by atoms with E-state index >= 15 is 0 Å². The second kappa shape index (κ2) is 5.44. The first-order valence-electron chi connectivity index (χ1n) is 6.40. The van der Waals surface area contributed by atoms with Gasteiger partial charge >= 0.3 is 6.18 Å². The highest BCUT2D eigenvalue weighted by atomic mass is 19.4. The van der Waals surface area contributed by atoms with Crippen LogP contribution in [0.2, 0.25) is 0 Å². The molecule has 1 aliphatic rings. The van der Waals surface area contributed by atoms with Crippen molar-refractivity contribution in [2.45, 2.75) is 38.5 Å². The van der Waals surface area contributed by atoms with E-state index in [1.165, 1.54) is 30.0 Å². The lowest BCUT2D eigenvalue weighted by Gasteiger charge is -2.24. The first-order valence-corrected chi connectivity index (χ1v) is 6.40. The molecule has 0 bridgehead atoms. The van der Waals surface area contributed by atoms with Crippen molar-refractivity contribution in [1.29, 1.82) is 0 Å². The Hall–Kier alpha value is -1.56. The first kappa shape index (κ1) is 14.8. The zero-order chi connectivity index (χ0) is 14.9. The monoisotopic (exact) mass is 287 g/mol. The molecular formula is C14H16F3NO2. The summed E-state index contributed by atoms with van der Waals surface area (Å²) in [6, 6.07) is 4.19. The Morgan fingerprint density at radius 3 is 2.55 bits per heavy atom. The molecule has 0 radical (unpaired) electrons. The van der Waals surface area contributed by atoms with Gasteiger partial charge in [0.1, 0.15) is 5.75 Å². The number of hydrogen-bond donors (Lipinski definition) is 1. The molecule has 110 valence electrons. The predicted octanol–water partition coefficient (Wildman–Crippen LogP) is 3.12. The van der Waals surface area contributed by atoms with Crippen molar-refractivity contribution < 1.29 is 23.1 Å². The standard InChI is InChI=1S/C14H16F3NO2/c1-9(19)10-2-5-13(20)11(6-10)7-18(12-3-4-12)8-14(15,16)17/h2,5-6,12,20H,3-4,7-8H2,1H3. The minimum Gasteiger partial charge on any atom is -0.508 e. The molecule has 0 saturated heterocycles. The highest BCUT2D eigenvalue weighted by molar-refractivity contribution is 5.94. The molecule has 0 atom stereocenters. The van der Waals surface area contributed by atoms with E-state index in [2.05, 4.69) is 0 Å². The second-order valence-electron chi connectivity index (χ2n) is 5.15. The Morgan fingerprint density at radius 1 is 1.40 bits per heavy atom. The zero-order valence-electron chi connectivity index (χ0n) is 11.1. The summed E-state index contributed by atoms with van der Waals surface area (Å²) in [5.74, 6) is -0.261. The van der Waals surface area contributed by atoms with Crippen LogP contribution in [0, 0.1) is 0 Å². The van der Waals surface area contributed by atoms with E-state index in [4.69, 9.17) is 0 Å². The molecule has 6 heteroatoms. The number of rotatable bonds is 5. The van der Waals surface area contributed by atoms with Crippen LogP contribution in [-0.4, -0.2) is 34.6 Å². The normalized spacial score (nSPS) is 15.7. The third kappa shape index (κ3) is 3.96. The maximum atomic E-state index is 12.5. The largest absolute Gasteiger partial charge is 0.508 e. The van der Waals surface area contributed by atoms with Gasteiger partial charge in [0.25, 0.3) is 0 Å². The van der Waals surface area contributed by atoms with Gasteiger partial charge < -0.3 is 5.11 Å². The lowest BCUT2D eigenvalue weighted by Crippen LogP contribution is -2.35. The van der Waals surface area contributed by atoms with Crippen LogP contribution in [0.25, 0.3) is 0 Å². The zero-order valence-corrected chi connectivity index (χ0v) is 11.1. The fourth-order valence-electron chi connectivity index (χ4n) is 2.13. The highest BCUT2D eigenvalue weighted by Crippen LogP contribution is 2.33. The second-order valence-corrected chi connectivity index (χ2v) is 5.15. The number of hydrogen-bond acceptors (Lipinski definition) is 3. The van der Waals surface area contributed by atoms with Gasteiger partial charge in [-0.3, -0.25) is 9.69 Å². The molecule has 0 aromatic heterocycles. The fourth-order valence-corrected chi connectivity index (χ4v) is 2.13. The van der Waals surface area contributed by atoms with E-state index < -0.39 is 12.7 Å². The number of phenols is 1. The number of Topliss-reactive ketones (excluding diaryl/α,β-unsaturated/α-hetero) is 1. The quantitative estimate of drug-likeness (QED) is 0.846. The summed E-state index contributed by atoms with van der Waals surface area (Å²) in [5.41, 5.74) is 0.745. The van der Waals surface area contributed by atoms with Crippen LogP contribution in [0.3, 0.4) is 0 Å². The Kier molecular flexibility index (Phi) is 4.04. The Balaban J connectivity index is 2.17. The van der Waals surface area contributed by atoms with Crippen LogP contribution in [-0.2, 0) is 6.54 Å². The molecule has 0 heterocycles. The third-order valence-electron chi connectivity index (χ3n) is 3.31. The van der Waals surface area contributed by atoms with Crippen LogP contribution in [0.4, 0.5) is 13.2 Å². The van der Waals surface area contributed by atoms with Gasteiger partial charge in [0.15, 0.2) is 5.78 Å². The summed E-state index contributed by atoms with van der Waals surface area (Å²) in [6.07, 6.45) is -2.79. The predicted molar refractivity (Wildman–Crippen MR) is 67.6 cm³/mol. The number of ketones is 1. The number of alkyl halides is 3. The van der Waals surface area contributed by atoms with E-state index in [9.17, 15) is 23.1 Å². The van der Waals surface area contributed by atoms with Gasteiger partial charge in [0, 0.05) is 23.7 Å². The summed E-state index contributed by atoms with van der Waals surface area (Å²) in [4.78, 5) is 12.6. The maximum absolute atomic E-state index is 12.5. The van der Waals surface area contributed by atoms with Gasteiger partial charge in [-0.15, -0.1) is 0 Å². The lowest BCUT2D eigenvalue weighted by molar-refractivity contribution is -0.148. The lowest BCUT2D eigenvalue weighted by atomic mass is 10.1. The van der Waals surface area contributed by atoms with E-state index in [1.807, 2.05) is 0 Å². The smallest absolute Gasteiger partial charge is 0.401 e. The maximum Gasteiger partial charge on any atom is 0.401 e. The molecule has 3 nitrogen and oxygen atoms in total. The number of nitrogens with zero attached hydrogens (tertiary/aromatic N) is 1. The Morgan fingerprint density at radius 2 is 2.05 bits per heavy atom. The van der Waals surface area contributed by atoms with Crippen molar-refractivity contribution in [1.82, 2.24) is 4.90 Å². The van der Waals surface area contributed by atoms with Gasteiger partial charge in [0.2, 0.25) is 0 Å². The van der Waals surface area contributed by atoms with Gasteiger partial charge in [-0.1, -0.05) is 0 Å². The molecule has 0 amide bonds. The van der Waals surface area contributed by atoms with Gasteiger partial charge in [-0.05, 0) is 38.0 Å². The van der Waals surface area contributed by atoms with Crippen LogP contribution in [0.5, 0.6) is 5.75 Å². The van der Waals surface area contributed by atoms with Crippen LogP contribution < -0.4 is 0 Å². The van der Waals surface area contributed by atoms with E-state index in [-0.39, 0.29) is 24.1 Å². The number of carbonyl (C=O) groups excluding carboxylic acids is 1. The summed E-state index contributed by atoms with van der Waals surface area (Å²) in [5, 5.41) is 9.75. The first-order chi connectivity index (χ1) is 9.26. The van der Waals surface area contributed by atoms with Crippen LogP contribution in [0.15, 0.2) is 18.2 Å². The molecule has 20 heavy (non-hydrogen) atoms. The molecule has 1 aromatic rings. The molecular weight excluding hydrogens is 271 g/mol. The molecule has 1 aliphatic carbocycles. The van der Waals surface area contributed by atoms with Gasteiger partial charge in [-0.25, -0.2) is 0 Å². The number of benzene rings is 1. The average Bonchev–Trinajstić information content (AvgIpc) is 3.12. The molecule has 0 unspecified atom stereocenters. The van der Waals surface area contributed by atoms with Crippen molar-refractivity contribution in [3.63, 3.8) is 0 Å². The molecule has 1 saturated carbocycles. The highest BCUT2D eigenvalue weighted by Gasteiger charge is 2.38. The topological polar surface area (TPSA) is 40.5 Å². The van der Waals surface area contributed by atoms with Crippen molar-refractivity contribution in [2.75, 3.05) is 6.54 Å². The van der Waals surface area contributed by atoms with Crippen molar-refractivity contribution >= 4 is 5.78 Å². The van der Waals surface area contributed by atoms with Crippen molar-refractivity contribution in [3.8, 4) is 5.75 Å². The minimum absolute atomic E-state index is 0.00285. The summed E-state index contributed by atoms with van der Waals surface area (Å²) in [7, 11) is 0. The molecule has 1 fully saturated rings. The van der Waals surface area contributed by atoms with Crippen molar-refractivity contribution in [3.05, 3.63) is 29.3 Å². The van der Waals surface area contributed by atoms with Crippen molar-refractivity contribution in [2.24, 2.45) is 0 Å². The van der Waals surface area contributed by atoms with Crippen LogP contribution >= 0.6 is 0 Å². The Bertz CT molecular complexity index is 510. The fraction of sp³-hybridized carbons (Fsp3) is 0.500. The summed E-state index contributed by atoms with van der Waals surface area (Å²) >= 11 is 0. The Labute approximate surface area is 115 Å². The molecule has 0 spiro atoms. The molecule has 2 rings (SSSR count). The summed E-state index contributed by atoms with van der Waals surface area (Å²) in [6.45, 7) is 0.378. The average molecular weight is 287 g/mol. The number of phenolic OH excluding ortho intramolecular Hbond substituents is 1. The van der Waals surface area contributed by atoms with E-state index in [0.717, 1.165) is 12.8 Å². The number of halogens is 3. The van der Waals surface area contributed by atoms with E-state index in [1.54, 1.807) is 0 Å². The molecule has 0 aliphatic heterocycles. The summed E-state index contributed by atoms with van der Waals surface area (Å²) < 4.78 is 37.6. The number of aromatic hydroxyl groups is 1. The van der Waals surface area contributed by atoms with E-state index in [0.29, 0.717) is 11.1 Å². The third-order valence-corrected chi connectivity index (χ3v) is 3.31.